The van der Waals surface area contributed by atoms with Crippen molar-refractivity contribution in [2.75, 3.05) is 0 Å². The summed E-state index contributed by atoms with van der Waals surface area (Å²) in [5, 5.41) is 15.6. The molecule has 0 bridgehead atoms. The van der Waals surface area contributed by atoms with Crippen LogP contribution < -0.4 is 5.73 Å². The topological polar surface area (TPSA) is 101 Å². The average Bonchev–Trinajstić information content (AvgIpc) is 2.85. The van der Waals surface area contributed by atoms with Crippen LogP contribution in [0.1, 0.15) is 30.7 Å². The molecule has 2 atom stereocenters. The molecule has 1 aromatic rings. The third-order valence-electron chi connectivity index (χ3n) is 3.11. The number of carbonyl (C=O) groups is 2. The molecule has 1 aliphatic carbocycles. The van der Waals surface area contributed by atoms with Crippen molar-refractivity contribution in [3.63, 3.8) is 0 Å². The first kappa shape index (κ1) is 15.9. The number of aliphatic carboxylic acids is 2. The molecule has 1 fully saturated rings. The van der Waals surface area contributed by atoms with E-state index in [0.29, 0.717) is 18.2 Å². The SMILES string of the molecule is NC1CCC(c2ccccc2)C1.O=C(O)/C=C\C(=O)O. The fraction of sp³-hybridized carbons (Fsp3) is 0.333. The summed E-state index contributed by atoms with van der Waals surface area (Å²) in [6.45, 7) is 0. The Morgan fingerprint density at radius 3 is 2.00 bits per heavy atom. The van der Waals surface area contributed by atoms with Crippen LogP contribution in [0.4, 0.5) is 0 Å². The number of hydrogen-bond acceptors (Lipinski definition) is 3. The first-order chi connectivity index (χ1) is 9.49. The molecule has 0 spiro atoms. The largest absolute Gasteiger partial charge is 0.478 e. The lowest BCUT2D eigenvalue weighted by Gasteiger charge is -2.08. The van der Waals surface area contributed by atoms with Crippen molar-refractivity contribution < 1.29 is 19.8 Å². The molecule has 4 N–H and O–H groups in total. The lowest BCUT2D eigenvalue weighted by Crippen LogP contribution is -2.14. The second kappa shape index (κ2) is 8.12. The summed E-state index contributed by atoms with van der Waals surface area (Å²) in [6.07, 6.45) is 4.75. The highest BCUT2D eigenvalue weighted by atomic mass is 16.4. The molecule has 0 radical (unpaired) electrons. The van der Waals surface area contributed by atoms with Gasteiger partial charge in [0.15, 0.2) is 0 Å². The molecule has 0 amide bonds. The van der Waals surface area contributed by atoms with Gasteiger partial charge < -0.3 is 15.9 Å². The van der Waals surface area contributed by atoms with Crippen molar-refractivity contribution in [1.29, 1.82) is 0 Å². The van der Waals surface area contributed by atoms with Gasteiger partial charge in [-0.1, -0.05) is 30.3 Å². The van der Waals surface area contributed by atoms with Gasteiger partial charge in [0.2, 0.25) is 0 Å². The summed E-state index contributed by atoms with van der Waals surface area (Å²) >= 11 is 0. The minimum Gasteiger partial charge on any atom is -0.478 e. The highest BCUT2D eigenvalue weighted by Gasteiger charge is 2.22. The summed E-state index contributed by atoms with van der Waals surface area (Å²) in [7, 11) is 0. The van der Waals surface area contributed by atoms with E-state index >= 15 is 0 Å². The van der Waals surface area contributed by atoms with Gasteiger partial charge in [0.25, 0.3) is 0 Å². The Kier molecular flexibility index (Phi) is 6.46. The summed E-state index contributed by atoms with van der Waals surface area (Å²) in [6, 6.07) is 11.2. The van der Waals surface area contributed by atoms with Crippen LogP contribution in [0.3, 0.4) is 0 Å². The minimum atomic E-state index is -1.26. The molecule has 2 unspecified atom stereocenters. The number of carboxylic acids is 2. The van der Waals surface area contributed by atoms with Gasteiger partial charge in [0.1, 0.15) is 0 Å². The molecule has 5 heteroatoms. The molecule has 1 aromatic carbocycles. The second-order valence-electron chi connectivity index (χ2n) is 4.69. The molecule has 5 nitrogen and oxygen atoms in total. The Bertz CT molecular complexity index is 454. The highest BCUT2D eigenvalue weighted by molar-refractivity contribution is 5.89. The summed E-state index contributed by atoms with van der Waals surface area (Å²) in [5.41, 5.74) is 7.33. The number of rotatable bonds is 3. The highest BCUT2D eigenvalue weighted by Crippen LogP contribution is 2.32. The van der Waals surface area contributed by atoms with E-state index in [4.69, 9.17) is 15.9 Å². The smallest absolute Gasteiger partial charge is 0.328 e. The van der Waals surface area contributed by atoms with Crippen LogP contribution in [0.5, 0.6) is 0 Å². The van der Waals surface area contributed by atoms with E-state index < -0.39 is 11.9 Å². The average molecular weight is 277 g/mol. The Balaban J connectivity index is 0.000000221. The molecule has 1 aliphatic rings. The maximum Gasteiger partial charge on any atom is 0.328 e. The molecular weight excluding hydrogens is 258 g/mol. The quantitative estimate of drug-likeness (QED) is 0.733. The summed E-state index contributed by atoms with van der Waals surface area (Å²) in [4.78, 5) is 19.1. The van der Waals surface area contributed by atoms with Gasteiger partial charge in [-0.2, -0.15) is 0 Å². The minimum absolute atomic E-state index is 0.440. The molecule has 0 heterocycles. The van der Waals surface area contributed by atoms with Crippen molar-refractivity contribution >= 4 is 11.9 Å². The number of hydrogen-bond donors (Lipinski definition) is 3. The first-order valence-corrected chi connectivity index (χ1v) is 6.43. The van der Waals surface area contributed by atoms with Crippen LogP contribution >= 0.6 is 0 Å². The molecule has 2 rings (SSSR count). The third-order valence-corrected chi connectivity index (χ3v) is 3.11. The normalized spacial score (nSPS) is 21.2. The Hall–Kier alpha value is -2.14. The van der Waals surface area contributed by atoms with Crippen molar-refractivity contribution in [2.45, 2.75) is 31.2 Å². The van der Waals surface area contributed by atoms with Crippen LogP contribution in [0.25, 0.3) is 0 Å². The predicted octanol–water partition coefficient (Wildman–Crippen LogP) is 1.99. The van der Waals surface area contributed by atoms with E-state index in [1.165, 1.54) is 24.8 Å². The Labute approximate surface area is 117 Å². The van der Waals surface area contributed by atoms with Gasteiger partial charge in [0.05, 0.1) is 0 Å². The molecule has 0 saturated heterocycles. The lowest BCUT2D eigenvalue weighted by atomic mass is 9.98. The zero-order valence-corrected chi connectivity index (χ0v) is 11.1. The van der Waals surface area contributed by atoms with Crippen molar-refractivity contribution in [3.05, 3.63) is 48.0 Å². The van der Waals surface area contributed by atoms with Gasteiger partial charge in [-0.25, -0.2) is 9.59 Å². The lowest BCUT2D eigenvalue weighted by molar-refractivity contribution is -0.134. The number of nitrogens with two attached hydrogens (primary N) is 1. The van der Waals surface area contributed by atoms with Gasteiger partial charge in [-0.15, -0.1) is 0 Å². The van der Waals surface area contributed by atoms with Crippen molar-refractivity contribution in [3.8, 4) is 0 Å². The second-order valence-corrected chi connectivity index (χ2v) is 4.69. The van der Waals surface area contributed by atoms with E-state index in [-0.39, 0.29) is 0 Å². The molecule has 20 heavy (non-hydrogen) atoms. The van der Waals surface area contributed by atoms with E-state index in [1.54, 1.807) is 0 Å². The number of benzene rings is 1. The van der Waals surface area contributed by atoms with Gasteiger partial charge in [0, 0.05) is 18.2 Å². The fourth-order valence-electron chi connectivity index (χ4n) is 2.19. The van der Waals surface area contributed by atoms with Crippen LogP contribution in [0.2, 0.25) is 0 Å². The Morgan fingerprint density at radius 1 is 1.05 bits per heavy atom. The van der Waals surface area contributed by atoms with E-state index in [1.807, 2.05) is 0 Å². The summed E-state index contributed by atoms with van der Waals surface area (Å²) in [5.74, 6) is -1.79. The maximum atomic E-state index is 9.55. The molecule has 108 valence electrons. The maximum absolute atomic E-state index is 9.55. The zero-order valence-electron chi connectivity index (χ0n) is 11.1. The van der Waals surface area contributed by atoms with E-state index in [0.717, 1.165) is 5.92 Å². The van der Waals surface area contributed by atoms with E-state index in [2.05, 4.69) is 30.3 Å². The molecular formula is C15H19NO4. The molecule has 0 aromatic heterocycles. The van der Waals surface area contributed by atoms with Crippen LogP contribution in [-0.2, 0) is 9.59 Å². The van der Waals surface area contributed by atoms with Crippen molar-refractivity contribution in [1.82, 2.24) is 0 Å². The monoisotopic (exact) mass is 277 g/mol. The Morgan fingerprint density at radius 2 is 1.60 bits per heavy atom. The van der Waals surface area contributed by atoms with Crippen LogP contribution in [-0.4, -0.2) is 28.2 Å². The first-order valence-electron chi connectivity index (χ1n) is 6.43. The van der Waals surface area contributed by atoms with Crippen LogP contribution in [0, 0.1) is 0 Å². The van der Waals surface area contributed by atoms with Crippen LogP contribution in [0.15, 0.2) is 42.5 Å². The van der Waals surface area contributed by atoms with Crippen molar-refractivity contribution in [2.24, 2.45) is 5.73 Å². The van der Waals surface area contributed by atoms with Gasteiger partial charge >= 0.3 is 11.9 Å². The summed E-state index contributed by atoms with van der Waals surface area (Å²) < 4.78 is 0. The van der Waals surface area contributed by atoms with E-state index in [9.17, 15) is 9.59 Å². The molecule has 0 aliphatic heterocycles. The van der Waals surface area contributed by atoms with Gasteiger partial charge in [-0.3, -0.25) is 0 Å². The molecule has 1 saturated carbocycles. The predicted molar refractivity (Wildman–Crippen MR) is 75.4 cm³/mol. The fourth-order valence-corrected chi connectivity index (χ4v) is 2.19. The standard InChI is InChI=1S/C11H15N.C4H4O4/c12-11-7-6-10(8-11)9-4-2-1-3-5-9;5-3(6)1-2-4(7)8/h1-5,10-11H,6-8,12H2;1-2H,(H,5,6)(H,7,8)/b;2-1-. The third kappa shape index (κ3) is 6.15. The number of carboxylic acid groups (broad SMARTS) is 2. The van der Waals surface area contributed by atoms with Gasteiger partial charge in [-0.05, 0) is 30.7 Å². The zero-order chi connectivity index (χ0) is 15.0.